The number of likely N-dealkylation sites (tertiary alicyclic amines) is 1. The molecule has 1 rings (SSSR count). The van der Waals surface area contributed by atoms with Gasteiger partial charge in [0, 0.05) is 32.5 Å². The molecule has 1 N–H and O–H groups in total. The molecular formula is C14H24N2O4. The monoisotopic (exact) mass is 284 g/mol. The van der Waals surface area contributed by atoms with Crippen LogP contribution in [0.5, 0.6) is 0 Å². The molecule has 0 aromatic carbocycles. The molecule has 1 fully saturated rings. The van der Waals surface area contributed by atoms with E-state index in [1.165, 1.54) is 6.42 Å². The molecule has 114 valence electrons. The lowest BCUT2D eigenvalue weighted by Gasteiger charge is -2.26. The molecule has 0 bridgehead atoms. The molecule has 0 saturated carbocycles. The third-order valence-electron chi connectivity index (χ3n) is 3.23. The van der Waals surface area contributed by atoms with Crippen LogP contribution in [0.4, 0.5) is 0 Å². The lowest BCUT2D eigenvalue weighted by atomic mass is 10.1. The molecule has 0 radical (unpaired) electrons. The SMILES string of the molecule is CCOC(=O)CCC(=O)NCCC(=O)N1CCCCC1. The lowest BCUT2D eigenvalue weighted by Crippen LogP contribution is -2.37. The minimum atomic E-state index is -0.368. The number of hydrogen-bond acceptors (Lipinski definition) is 4. The second-order valence-corrected chi connectivity index (χ2v) is 4.85. The van der Waals surface area contributed by atoms with Crippen molar-refractivity contribution >= 4 is 17.8 Å². The van der Waals surface area contributed by atoms with E-state index in [9.17, 15) is 14.4 Å². The van der Waals surface area contributed by atoms with E-state index >= 15 is 0 Å². The van der Waals surface area contributed by atoms with Crippen LogP contribution in [0.25, 0.3) is 0 Å². The van der Waals surface area contributed by atoms with E-state index in [4.69, 9.17) is 4.74 Å². The van der Waals surface area contributed by atoms with Crippen molar-refractivity contribution in [1.82, 2.24) is 10.2 Å². The zero-order valence-electron chi connectivity index (χ0n) is 12.2. The van der Waals surface area contributed by atoms with Crippen molar-refractivity contribution in [1.29, 1.82) is 0 Å². The Morgan fingerprint density at radius 1 is 1.05 bits per heavy atom. The van der Waals surface area contributed by atoms with Crippen LogP contribution >= 0.6 is 0 Å². The third-order valence-corrected chi connectivity index (χ3v) is 3.23. The average molecular weight is 284 g/mol. The second-order valence-electron chi connectivity index (χ2n) is 4.85. The minimum Gasteiger partial charge on any atom is -0.466 e. The molecule has 0 unspecified atom stereocenters. The molecule has 1 heterocycles. The van der Waals surface area contributed by atoms with Crippen molar-refractivity contribution in [3.63, 3.8) is 0 Å². The van der Waals surface area contributed by atoms with Crippen molar-refractivity contribution in [2.24, 2.45) is 0 Å². The molecular weight excluding hydrogens is 260 g/mol. The Morgan fingerprint density at radius 2 is 1.75 bits per heavy atom. The summed E-state index contributed by atoms with van der Waals surface area (Å²) in [5, 5.41) is 2.66. The van der Waals surface area contributed by atoms with Crippen LogP contribution in [-0.2, 0) is 19.1 Å². The number of esters is 1. The van der Waals surface area contributed by atoms with Gasteiger partial charge in [0.05, 0.1) is 13.0 Å². The molecule has 0 aromatic heterocycles. The van der Waals surface area contributed by atoms with Gasteiger partial charge in [-0.1, -0.05) is 0 Å². The Labute approximate surface area is 119 Å². The number of nitrogens with zero attached hydrogens (tertiary/aromatic N) is 1. The average Bonchev–Trinajstić information content (AvgIpc) is 2.46. The zero-order chi connectivity index (χ0) is 14.8. The molecule has 1 aliphatic rings. The maximum Gasteiger partial charge on any atom is 0.306 e. The van der Waals surface area contributed by atoms with Gasteiger partial charge in [-0.05, 0) is 26.2 Å². The molecule has 6 nitrogen and oxygen atoms in total. The number of hydrogen-bond donors (Lipinski definition) is 1. The summed E-state index contributed by atoms with van der Waals surface area (Å²) in [7, 11) is 0. The number of carbonyl (C=O) groups is 3. The van der Waals surface area contributed by atoms with Crippen LogP contribution in [0.1, 0.15) is 45.4 Å². The predicted molar refractivity (Wildman–Crippen MR) is 73.9 cm³/mol. The first-order valence-corrected chi connectivity index (χ1v) is 7.33. The Bertz CT molecular complexity index is 338. The summed E-state index contributed by atoms with van der Waals surface area (Å²) in [6.45, 7) is 4.04. The quantitative estimate of drug-likeness (QED) is 0.703. The van der Waals surface area contributed by atoms with Gasteiger partial charge in [0.15, 0.2) is 0 Å². The Morgan fingerprint density at radius 3 is 2.40 bits per heavy atom. The highest BCUT2D eigenvalue weighted by atomic mass is 16.5. The summed E-state index contributed by atoms with van der Waals surface area (Å²) >= 11 is 0. The van der Waals surface area contributed by atoms with Gasteiger partial charge in [0.1, 0.15) is 0 Å². The molecule has 0 aliphatic carbocycles. The van der Waals surface area contributed by atoms with Gasteiger partial charge in [0.25, 0.3) is 0 Å². The first kappa shape index (κ1) is 16.5. The first-order valence-electron chi connectivity index (χ1n) is 7.33. The van der Waals surface area contributed by atoms with E-state index in [2.05, 4.69) is 5.32 Å². The largest absolute Gasteiger partial charge is 0.466 e. The number of nitrogens with one attached hydrogen (secondary N) is 1. The highest BCUT2D eigenvalue weighted by Crippen LogP contribution is 2.09. The van der Waals surface area contributed by atoms with Gasteiger partial charge in [0.2, 0.25) is 11.8 Å². The molecule has 0 aromatic rings. The van der Waals surface area contributed by atoms with E-state index in [1.54, 1.807) is 6.92 Å². The Hall–Kier alpha value is -1.59. The van der Waals surface area contributed by atoms with Gasteiger partial charge in [-0.3, -0.25) is 14.4 Å². The minimum absolute atomic E-state index is 0.0831. The topological polar surface area (TPSA) is 75.7 Å². The van der Waals surface area contributed by atoms with Crippen molar-refractivity contribution in [2.45, 2.75) is 45.4 Å². The second kappa shape index (κ2) is 9.34. The van der Waals surface area contributed by atoms with E-state index < -0.39 is 0 Å². The maximum atomic E-state index is 11.8. The standard InChI is InChI=1S/C14H24N2O4/c1-2-20-14(19)7-6-12(17)15-9-8-13(18)16-10-4-3-5-11-16/h2-11H2,1H3,(H,15,17). The number of piperidine rings is 1. The highest BCUT2D eigenvalue weighted by Gasteiger charge is 2.16. The van der Waals surface area contributed by atoms with Gasteiger partial charge in [-0.2, -0.15) is 0 Å². The van der Waals surface area contributed by atoms with Crippen LogP contribution in [0.15, 0.2) is 0 Å². The fourth-order valence-corrected chi connectivity index (χ4v) is 2.15. The fourth-order valence-electron chi connectivity index (χ4n) is 2.15. The van der Waals surface area contributed by atoms with Crippen LogP contribution in [0.3, 0.4) is 0 Å². The first-order chi connectivity index (χ1) is 9.63. The van der Waals surface area contributed by atoms with Gasteiger partial charge < -0.3 is 15.0 Å². The molecule has 2 amide bonds. The molecule has 1 saturated heterocycles. The predicted octanol–water partition coefficient (Wildman–Crippen LogP) is 0.848. The summed E-state index contributed by atoms with van der Waals surface area (Å²) in [4.78, 5) is 36.2. The van der Waals surface area contributed by atoms with Gasteiger partial charge in [-0.15, -0.1) is 0 Å². The fraction of sp³-hybridized carbons (Fsp3) is 0.786. The van der Waals surface area contributed by atoms with E-state index in [-0.39, 0.29) is 30.6 Å². The molecule has 0 atom stereocenters. The van der Waals surface area contributed by atoms with Crippen LogP contribution in [0.2, 0.25) is 0 Å². The van der Waals surface area contributed by atoms with Crippen molar-refractivity contribution in [2.75, 3.05) is 26.2 Å². The third kappa shape index (κ3) is 6.54. The Balaban J connectivity index is 2.08. The van der Waals surface area contributed by atoms with Crippen LogP contribution in [0, 0.1) is 0 Å². The number of rotatable bonds is 7. The van der Waals surface area contributed by atoms with Crippen molar-refractivity contribution in [3.8, 4) is 0 Å². The summed E-state index contributed by atoms with van der Waals surface area (Å²) in [5.41, 5.74) is 0. The molecule has 6 heteroatoms. The molecule has 0 spiro atoms. The summed E-state index contributed by atoms with van der Waals surface area (Å²) in [6.07, 6.45) is 3.84. The van der Waals surface area contributed by atoms with Gasteiger partial charge in [-0.25, -0.2) is 0 Å². The van der Waals surface area contributed by atoms with Gasteiger partial charge >= 0.3 is 5.97 Å². The summed E-state index contributed by atoms with van der Waals surface area (Å²) in [5.74, 6) is -0.494. The molecule has 1 aliphatic heterocycles. The van der Waals surface area contributed by atoms with E-state index in [0.717, 1.165) is 25.9 Å². The highest BCUT2D eigenvalue weighted by molar-refractivity contribution is 5.82. The summed E-state index contributed by atoms with van der Waals surface area (Å²) < 4.78 is 4.73. The van der Waals surface area contributed by atoms with E-state index in [0.29, 0.717) is 19.6 Å². The lowest BCUT2D eigenvalue weighted by molar-refractivity contribution is -0.144. The van der Waals surface area contributed by atoms with Crippen molar-refractivity contribution in [3.05, 3.63) is 0 Å². The molecule has 20 heavy (non-hydrogen) atoms. The number of ether oxygens (including phenoxy) is 1. The Kier molecular flexibility index (Phi) is 7.69. The van der Waals surface area contributed by atoms with E-state index in [1.807, 2.05) is 4.90 Å². The summed E-state index contributed by atoms with van der Waals surface area (Å²) in [6, 6.07) is 0. The zero-order valence-corrected chi connectivity index (χ0v) is 12.2. The van der Waals surface area contributed by atoms with Crippen molar-refractivity contribution < 1.29 is 19.1 Å². The maximum absolute atomic E-state index is 11.8. The normalized spacial score (nSPS) is 14.8. The number of amides is 2. The smallest absolute Gasteiger partial charge is 0.306 e. The van der Waals surface area contributed by atoms with Crippen LogP contribution < -0.4 is 5.32 Å². The number of carbonyl (C=O) groups excluding carboxylic acids is 3. The van der Waals surface area contributed by atoms with Crippen LogP contribution in [-0.4, -0.2) is 48.9 Å².